The molecule has 1 heterocycles. The molecule has 4 nitrogen and oxygen atoms in total. The van der Waals surface area contributed by atoms with Crippen LogP contribution in [0, 0.1) is 0 Å². The Bertz CT molecular complexity index is 250. The van der Waals surface area contributed by atoms with E-state index < -0.39 is 0 Å². The summed E-state index contributed by atoms with van der Waals surface area (Å²) in [4.78, 5) is 13.7. The lowest BCUT2D eigenvalue weighted by Gasteiger charge is -2.25. The van der Waals surface area contributed by atoms with Crippen LogP contribution in [0.1, 0.15) is 20.8 Å². The second kappa shape index (κ2) is 6.01. The molecule has 0 aromatic rings. The molecule has 0 atom stereocenters. The summed E-state index contributed by atoms with van der Waals surface area (Å²) in [7, 11) is 0. The second-order valence-corrected chi connectivity index (χ2v) is 5.05. The first-order valence-electron chi connectivity index (χ1n) is 5.76. The third-order valence-corrected chi connectivity index (χ3v) is 2.23. The first-order valence-corrected chi connectivity index (χ1v) is 5.76. The number of amides is 1. The van der Waals surface area contributed by atoms with E-state index in [4.69, 9.17) is 4.74 Å². The van der Waals surface area contributed by atoms with Crippen LogP contribution in [-0.4, -0.2) is 49.2 Å². The van der Waals surface area contributed by atoms with Crippen molar-refractivity contribution >= 4 is 5.91 Å². The Balaban J connectivity index is 2.22. The summed E-state index contributed by atoms with van der Waals surface area (Å²) in [5.41, 5.74) is -0.166. The molecule has 0 unspecified atom stereocenters. The minimum absolute atomic E-state index is 0.0271. The topological polar surface area (TPSA) is 41.6 Å². The number of hydrogen-bond donors (Lipinski definition) is 1. The number of nitrogens with one attached hydrogen (secondary N) is 1. The van der Waals surface area contributed by atoms with Crippen molar-refractivity contribution in [3.63, 3.8) is 0 Å². The van der Waals surface area contributed by atoms with E-state index in [1.54, 1.807) is 6.08 Å². The van der Waals surface area contributed by atoms with Crippen LogP contribution >= 0.6 is 0 Å². The lowest BCUT2D eigenvalue weighted by atomic mass is 10.1. The Morgan fingerprint density at radius 1 is 1.38 bits per heavy atom. The van der Waals surface area contributed by atoms with Gasteiger partial charge in [-0.2, -0.15) is 0 Å². The summed E-state index contributed by atoms with van der Waals surface area (Å²) in [5, 5.41) is 2.89. The quantitative estimate of drug-likeness (QED) is 0.723. The highest BCUT2D eigenvalue weighted by atomic mass is 16.5. The maximum absolute atomic E-state index is 11.5. The number of rotatable bonds is 3. The fourth-order valence-corrected chi connectivity index (χ4v) is 1.50. The number of carbonyl (C=O) groups is 1. The van der Waals surface area contributed by atoms with Crippen molar-refractivity contribution in [2.24, 2.45) is 0 Å². The van der Waals surface area contributed by atoms with E-state index in [0.717, 1.165) is 32.8 Å². The first kappa shape index (κ1) is 13.2. The van der Waals surface area contributed by atoms with Gasteiger partial charge in [0.25, 0.3) is 0 Å². The molecule has 0 bridgehead atoms. The molecular formula is C12H22N2O2. The molecule has 1 aliphatic heterocycles. The molecule has 0 spiro atoms. The van der Waals surface area contributed by atoms with Gasteiger partial charge in [0.15, 0.2) is 0 Å². The van der Waals surface area contributed by atoms with Gasteiger partial charge in [-0.3, -0.25) is 9.69 Å². The molecule has 0 aromatic heterocycles. The third kappa shape index (κ3) is 5.88. The zero-order valence-corrected chi connectivity index (χ0v) is 10.5. The predicted octanol–water partition coefficient (Wildman–Crippen LogP) is 0.790. The van der Waals surface area contributed by atoms with E-state index in [2.05, 4.69) is 10.2 Å². The van der Waals surface area contributed by atoms with Gasteiger partial charge < -0.3 is 10.1 Å². The standard InChI is InChI=1S/C12H22N2O2/c1-12(2,3)13-11(15)5-4-6-14-7-9-16-10-8-14/h4-5H,6-10H2,1-3H3,(H,13,15). The fraction of sp³-hybridized carbons (Fsp3) is 0.750. The lowest BCUT2D eigenvalue weighted by Crippen LogP contribution is -2.40. The molecule has 0 radical (unpaired) electrons. The van der Waals surface area contributed by atoms with Crippen LogP contribution < -0.4 is 5.32 Å². The molecule has 1 saturated heterocycles. The number of nitrogens with zero attached hydrogens (tertiary/aromatic N) is 1. The molecular weight excluding hydrogens is 204 g/mol. The highest BCUT2D eigenvalue weighted by Gasteiger charge is 2.11. The van der Waals surface area contributed by atoms with E-state index >= 15 is 0 Å². The van der Waals surface area contributed by atoms with Crippen LogP contribution in [0.5, 0.6) is 0 Å². The van der Waals surface area contributed by atoms with Gasteiger partial charge in [0.1, 0.15) is 0 Å². The highest BCUT2D eigenvalue weighted by molar-refractivity contribution is 5.87. The molecule has 0 saturated carbocycles. The Morgan fingerprint density at radius 3 is 2.56 bits per heavy atom. The summed E-state index contributed by atoms with van der Waals surface area (Å²) in [6.45, 7) is 10.2. The Hall–Kier alpha value is -0.870. The average molecular weight is 226 g/mol. The summed E-state index contributed by atoms with van der Waals surface area (Å²) in [6, 6.07) is 0. The summed E-state index contributed by atoms with van der Waals surface area (Å²) in [5.74, 6) is -0.0271. The van der Waals surface area contributed by atoms with Gasteiger partial charge in [0.2, 0.25) is 5.91 Å². The SMILES string of the molecule is CC(C)(C)NC(=O)C=CCN1CCOCC1. The summed E-state index contributed by atoms with van der Waals surface area (Å²) >= 11 is 0. The Labute approximate surface area is 97.6 Å². The van der Waals surface area contributed by atoms with E-state index in [-0.39, 0.29) is 11.4 Å². The largest absolute Gasteiger partial charge is 0.379 e. The minimum atomic E-state index is -0.166. The Morgan fingerprint density at radius 2 is 2.00 bits per heavy atom. The normalized spacial score (nSPS) is 18.9. The van der Waals surface area contributed by atoms with E-state index in [1.165, 1.54) is 0 Å². The average Bonchev–Trinajstić information content (AvgIpc) is 2.16. The molecule has 1 fully saturated rings. The van der Waals surface area contributed by atoms with Gasteiger partial charge in [-0.1, -0.05) is 6.08 Å². The van der Waals surface area contributed by atoms with Crippen LogP contribution in [0.3, 0.4) is 0 Å². The van der Waals surface area contributed by atoms with Crippen molar-refractivity contribution in [2.45, 2.75) is 26.3 Å². The van der Waals surface area contributed by atoms with Crippen molar-refractivity contribution in [2.75, 3.05) is 32.8 Å². The maximum Gasteiger partial charge on any atom is 0.244 e. The predicted molar refractivity (Wildman–Crippen MR) is 64.3 cm³/mol. The van der Waals surface area contributed by atoms with Gasteiger partial charge in [0, 0.05) is 31.2 Å². The van der Waals surface area contributed by atoms with Crippen molar-refractivity contribution < 1.29 is 9.53 Å². The molecule has 92 valence electrons. The van der Waals surface area contributed by atoms with Gasteiger partial charge in [-0.25, -0.2) is 0 Å². The molecule has 1 aliphatic rings. The van der Waals surface area contributed by atoms with Crippen LogP contribution in [0.2, 0.25) is 0 Å². The van der Waals surface area contributed by atoms with Gasteiger partial charge >= 0.3 is 0 Å². The number of ether oxygens (including phenoxy) is 1. The zero-order chi connectivity index (χ0) is 12.0. The maximum atomic E-state index is 11.5. The van der Waals surface area contributed by atoms with Gasteiger partial charge in [-0.05, 0) is 20.8 Å². The molecule has 0 aliphatic carbocycles. The van der Waals surface area contributed by atoms with Crippen LogP contribution in [0.4, 0.5) is 0 Å². The second-order valence-electron chi connectivity index (χ2n) is 5.05. The number of morpholine rings is 1. The van der Waals surface area contributed by atoms with Crippen molar-refractivity contribution in [1.29, 1.82) is 0 Å². The summed E-state index contributed by atoms with van der Waals surface area (Å²) < 4.78 is 5.25. The molecule has 1 rings (SSSR count). The smallest absolute Gasteiger partial charge is 0.244 e. The number of hydrogen-bond acceptors (Lipinski definition) is 3. The van der Waals surface area contributed by atoms with Gasteiger partial charge in [-0.15, -0.1) is 0 Å². The van der Waals surface area contributed by atoms with E-state index in [0.29, 0.717) is 0 Å². The molecule has 16 heavy (non-hydrogen) atoms. The van der Waals surface area contributed by atoms with Crippen LogP contribution in [0.25, 0.3) is 0 Å². The third-order valence-electron chi connectivity index (χ3n) is 2.23. The van der Waals surface area contributed by atoms with E-state index in [9.17, 15) is 4.79 Å². The van der Waals surface area contributed by atoms with Gasteiger partial charge in [0.05, 0.1) is 13.2 Å². The van der Waals surface area contributed by atoms with Crippen LogP contribution in [0.15, 0.2) is 12.2 Å². The molecule has 1 amide bonds. The minimum Gasteiger partial charge on any atom is -0.379 e. The molecule has 4 heteroatoms. The lowest BCUT2D eigenvalue weighted by molar-refractivity contribution is -0.117. The summed E-state index contributed by atoms with van der Waals surface area (Å²) in [6.07, 6.45) is 3.52. The van der Waals surface area contributed by atoms with Crippen LogP contribution in [-0.2, 0) is 9.53 Å². The van der Waals surface area contributed by atoms with E-state index in [1.807, 2.05) is 26.8 Å². The monoisotopic (exact) mass is 226 g/mol. The Kier molecular flexibility index (Phi) is 4.96. The fourth-order valence-electron chi connectivity index (χ4n) is 1.50. The highest BCUT2D eigenvalue weighted by Crippen LogP contribution is 1.99. The molecule has 1 N–H and O–H groups in total. The van der Waals surface area contributed by atoms with Crippen molar-refractivity contribution in [3.05, 3.63) is 12.2 Å². The molecule has 0 aromatic carbocycles. The first-order chi connectivity index (χ1) is 7.47. The zero-order valence-electron chi connectivity index (χ0n) is 10.5. The van der Waals surface area contributed by atoms with Crippen molar-refractivity contribution in [3.8, 4) is 0 Å². The van der Waals surface area contributed by atoms with Crippen molar-refractivity contribution in [1.82, 2.24) is 10.2 Å². The number of carbonyl (C=O) groups excluding carboxylic acids is 1.